The molecule has 3 aromatic rings. The number of nitrogens with one attached hydrogen (secondary N) is 1. The molecule has 1 saturated heterocycles. The van der Waals surface area contributed by atoms with Gasteiger partial charge in [-0.15, -0.1) is 0 Å². The molecule has 0 amide bonds. The van der Waals surface area contributed by atoms with E-state index in [0.29, 0.717) is 13.2 Å². The zero-order chi connectivity index (χ0) is 19.5. The standard InChI is InChI=1S/C20H23N7O/c1-13-12-28-10-9-27(13)18-11-15(16(22-2)3-6-21)14-4-7-23-20(19(14)25-18)17-5-8-24-26-17/h3-8,11,13H,9-10,12,21H2,1-2H3,(H,24,26)/b6-3-,22-16?. The van der Waals surface area contributed by atoms with Crippen LogP contribution in [0.3, 0.4) is 0 Å². The van der Waals surface area contributed by atoms with E-state index >= 15 is 0 Å². The summed E-state index contributed by atoms with van der Waals surface area (Å²) >= 11 is 0. The van der Waals surface area contributed by atoms with E-state index < -0.39 is 0 Å². The first-order valence-corrected chi connectivity index (χ1v) is 9.22. The van der Waals surface area contributed by atoms with E-state index in [1.165, 1.54) is 6.20 Å². The van der Waals surface area contributed by atoms with Crippen molar-refractivity contribution in [2.45, 2.75) is 13.0 Å². The molecule has 28 heavy (non-hydrogen) atoms. The molecule has 0 spiro atoms. The monoisotopic (exact) mass is 377 g/mol. The smallest absolute Gasteiger partial charge is 0.130 e. The van der Waals surface area contributed by atoms with Gasteiger partial charge in [-0.1, -0.05) is 0 Å². The second kappa shape index (κ2) is 7.77. The number of nitrogens with two attached hydrogens (primary N) is 1. The van der Waals surface area contributed by atoms with Crippen molar-refractivity contribution in [1.29, 1.82) is 0 Å². The number of aliphatic imine (C=N–C) groups is 1. The molecule has 0 aromatic carbocycles. The summed E-state index contributed by atoms with van der Waals surface area (Å²) in [7, 11) is 1.76. The molecule has 0 radical (unpaired) electrons. The first kappa shape index (κ1) is 18.1. The average molecular weight is 377 g/mol. The predicted octanol–water partition coefficient (Wildman–Crippen LogP) is 2.14. The molecule has 8 heteroatoms. The van der Waals surface area contributed by atoms with Crippen LogP contribution in [0.15, 0.2) is 47.9 Å². The van der Waals surface area contributed by atoms with Gasteiger partial charge in [-0.05, 0) is 37.4 Å². The summed E-state index contributed by atoms with van der Waals surface area (Å²) in [5.74, 6) is 0.874. The zero-order valence-electron chi connectivity index (χ0n) is 16.0. The summed E-state index contributed by atoms with van der Waals surface area (Å²) < 4.78 is 5.59. The lowest BCUT2D eigenvalue weighted by molar-refractivity contribution is 0.0986. The number of allylic oxidation sites excluding steroid dienone is 1. The second-order valence-corrected chi connectivity index (χ2v) is 6.64. The Hall–Kier alpha value is -3.26. The molecule has 1 atom stereocenters. The van der Waals surface area contributed by atoms with Crippen molar-refractivity contribution in [2.24, 2.45) is 10.7 Å². The normalized spacial score (nSPS) is 18.3. The van der Waals surface area contributed by atoms with E-state index in [-0.39, 0.29) is 6.04 Å². The van der Waals surface area contributed by atoms with Gasteiger partial charge in [0.25, 0.3) is 0 Å². The number of nitrogens with zero attached hydrogens (tertiary/aromatic N) is 5. The average Bonchev–Trinajstić information content (AvgIpc) is 3.26. The lowest BCUT2D eigenvalue weighted by Crippen LogP contribution is -2.44. The molecule has 0 saturated carbocycles. The Balaban J connectivity index is 1.99. The molecule has 8 nitrogen and oxygen atoms in total. The number of hydrogen-bond donors (Lipinski definition) is 2. The summed E-state index contributed by atoms with van der Waals surface area (Å²) in [5.41, 5.74) is 9.79. The summed E-state index contributed by atoms with van der Waals surface area (Å²) in [5, 5.41) is 8.01. The molecule has 3 aromatic heterocycles. The summed E-state index contributed by atoms with van der Waals surface area (Å²) in [4.78, 5) is 16.3. The maximum atomic E-state index is 5.67. The van der Waals surface area contributed by atoms with E-state index in [2.05, 4.69) is 38.1 Å². The van der Waals surface area contributed by atoms with Crippen LogP contribution in [-0.4, -0.2) is 58.7 Å². The number of rotatable bonds is 4. The minimum absolute atomic E-state index is 0.228. The van der Waals surface area contributed by atoms with Crippen LogP contribution in [0.2, 0.25) is 0 Å². The molecule has 0 aliphatic carbocycles. The molecular formula is C20H23N7O. The number of H-pyrrole nitrogens is 1. The van der Waals surface area contributed by atoms with Crippen molar-refractivity contribution in [1.82, 2.24) is 20.2 Å². The first-order valence-electron chi connectivity index (χ1n) is 9.22. The van der Waals surface area contributed by atoms with Gasteiger partial charge >= 0.3 is 0 Å². The number of fused-ring (bicyclic) bond motifs is 1. The minimum Gasteiger partial charge on any atom is -0.405 e. The number of ether oxygens (including phenoxy) is 1. The van der Waals surface area contributed by atoms with Crippen LogP contribution in [0.1, 0.15) is 12.5 Å². The van der Waals surface area contributed by atoms with Crippen LogP contribution in [0.4, 0.5) is 5.82 Å². The van der Waals surface area contributed by atoms with Crippen LogP contribution >= 0.6 is 0 Å². The molecule has 1 fully saturated rings. The highest BCUT2D eigenvalue weighted by Crippen LogP contribution is 2.30. The minimum atomic E-state index is 0.228. The summed E-state index contributed by atoms with van der Waals surface area (Å²) in [6.45, 7) is 4.27. The number of hydrogen-bond acceptors (Lipinski definition) is 7. The number of pyridine rings is 2. The Labute approximate surface area is 163 Å². The molecule has 1 aliphatic heterocycles. The van der Waals surface area contributed by atoms with Gasteiger partial charge in [0.05, 0.1) is 30.7 Å². The Morgan fingerprint density at radius 1 is 1.39 bits per heavy atom. The van der Waals surface area contributed by atoms with Crippen LogP contribution in [0.25, 0.3) is 22.3 Å². The van der Waals surface area contributed by atoms with E-state index in [1.54, 1.807) is 25.5 Å². The number of aromatic amines is 1. The molecule has 0 bridgehead atoms. The third-order valence-corrected chi connectivity index (χ3v) is 4.90. The third-order valence-electron chi connectivity index (χ3n) is 4.90. The largest absolute Gasteiger partial charge is 0.405 e. The number of anilines is 1. The Morgan fingerprint density at radius 2 is 2.29 bits per heavy atom. The fourth-order valence-electron chi connectivity index (χ4n) is 3.53. The van der Waals surface area contributed by atoms with Gasteiger partial charge in [0.2, 0.25) is 0 Å². The van der Waals surface area contributed by atoms with Crippen LogP contribution in [0, 0.1) is 0 Å². The maximum Gasteiger partial charge on any atom is 0.130 e. The molecular weight excluding hydrogens is 354 g/mol. The summed E-state index contributed by atoms with van der Waals surface area (Å²) in [6, 6.07) is 6.15. The molecule has 4 heterocycles. The van der Waals surface area contributed by atoms with Crippen molar-refractivity contribution < 1.29 is 4.74 Å². The molecule has 1 unspecified atom stereocenters. The van der Waals surface area contributed by atoms with Gasteiger partial charge in [-0.25, -0.2) is 4.98 Å². The highest BCUT2D eigenvalue weighted by molar-refractivity contribution is 6.17. The van der Waals surface area contributed by atoms with Gasteiger partial charge in [-0.3, -0.25) is 15.1 Å². The highest BCUT2D eigenvalue weighted by atomic mass is 16.5. The van der Waals surface area contributed by atoms with Gasteiger partial charge in [0.1, 0.15) is 17.0 Å². The van der Waals surface area contributed by atoms with Crippen molar-refractivity contribution in [3.05, 3.63) is 48.4 Å². The van der Waals surface area contributed by atoms with E-state index in [9.17, 15) is 0 Å². The van der Waals surface area contributed by atoms with Crippen LogP contribution in [0.5, 0.6) is 0 Å². The van der Waals surface area contributed by atoms with E-state index in [4.69, 9.17) is 15.5 Å². The lowest BCUT2D eigenvalue weighted by Gasteiger charge is -2.34. The van der Waals surface area contributed by atoms with Crippen molar-refractivity contribution in [3.63, 3.8) is 0 Å². The Morgan fingerprint density at radius 3 is 3.00 bits per heavy atom. The predicted molar refractivity (Wildman–Crippen MR) is 111 cm³/mol. The van der Waals surface area contributed by atoms with Gasteiger partial charge in [-0.2, -0.15) is 5.10 Å². The molecule has 144 valence electrons. The maximum absolute atomic E-state index is 5.67. The molecule has 3 N–H and O–H groups in total. The topological polar surface area (TPSA) is 105 Å². The van der Waals surface area contributed by atoms with Gasteiger partial charge in [0.15, 0.2) is 0 Å². The number of morpholine rings is 1. The quantitative estimate of drug-likeness (QED) is 0.675. The molecule has 1 aliphatic rings. The zero-order valence-corrected chi connectivity index (χ0v) is 16.0. The fraction of sp³-hybridized carbons (Fsp3) is 0.300. The van der Waals surface area contributed by atoms with Crippen molar-refractivity contribution in [2.75, 3.05) is 31.7 Å². The third kappa shape index (κ3) is 3.22. The highest BCUT2D eigenvalue weighted by Gasteiger charge is 2.23. The SMILES string of the molecule is CN=C(/C=C\N)c1cc(N2CCOCC2C)nc2c(-c3ccn[nH]3)nccc12. The van der Waals surface area contributed by atoms with Crippen molar-refractivity contribution in [3.8, 4) is 11.4 Å². The van der Waals surface area contributed by atoms with Gasteiger partial charge < -0.3 is 15.4 Å². The Kier molecular flexibility index (Phi) is 5.03. The molecule has 4 rings (SSSR count). The van der Waals surface area contributed by atoms with Crippen LogP contribution < -0.4 is 10.6 Å². The second-order valence-electron chi connectivity index (χ2n) is 6.64. The summed E-state index contributed by atoms with van der Waals surface area (Å²) in [6.07, 6.45) is 6.79. The van der Waals surface area contributed by atoms with E-state index in [1.807, 2.05) is 12.1 Å². The van der Waals surface area contributed by atoms with E-state index in [0.717, 1.165) is 45.9 Å². The van der Waals surface area contributed by atoms with Crippen LogP contribution in [-0.2, 0) is 4.74 Å². The Bertz CT molecular complexity index is 1030. The number of aromatic nitrogens is 4. The van der Waals surface area contributed by atoms with Crippen molar-refractivity contribution >= 4 is 22.4 Å². The first-order chi connectivity index (χ1) is 13.7. The lowest BCUT2D eigenvalue weighted by atomic mass is 10.0. The van der Waals surface area contributed by atoms with Gasteiger partial charge in [0, 0.05) is 36.9 Å². The fourth-order valence-corrected chi connectivity index (χ4v) is 3.53.